The summed E-state index contributed by atoms with van der Waals surface area (Å²) in [6, 6.07) is 54.4. The molecule has 0 unspecified atom stereocenters. The Kier molecular flexibility index (Phi) is 46.6. The van der Waals surface area contributed by atoms with Gasteiger partial charge in [-0.1, -0.05) is 197 Å². The van der Waals surface area contributed by atoms with E-state index in [1.54, 1.807) is 0 Å². The minimum atomic E-state index is -4.14. The quantitative estimate of drug-likeness (QED) is 0.00423. The first-order chi connectivity index (χ1) is 70.6. The highest BCUT2D eigenvalue weighted by molar-refractivity contribution is 7.90. The molecule has 4 heterocycles. The van der Waals surface area contributed by atoms with Crippen molar-refractivity contribution in [3.8, 4) is 0 Å². The molecule has 44 nitrogen and oxygen atoms in total. The first kappa shape index (κ1) is 118. The Morgan fingerprint density at radius 2 is 0.527 bits per heavy atom. The maximum atomic E-state index is 13.5. The minimum absolute atomic E-state index is 0.000360. The number of anilines is 2. The average molecular weight is 2130 g/mol. The lowest BCUT2D eigenvalue weighted by Crippen LogP contribution is -2.49. The lowest BCUT2D eigenvalue weighted by atomic mass is 10.0. The summed E-state index contributed by atoms with van der Waals surface area (Å²) in [6.45, 7) is 17.4. The van der Waals surface area contributed by atoms with Crippen LogP contribution in [0.2, 0.25) is 0 Å². The zero-order valence-corrected chi connectivity index (χ0v) is 86.8. The van der Waals surface area contributed by atoms with Gasteiger partial charge in [-0.3, -0.25) is 20.2 Å². The van der Waals surface area contributed by atoms with Gasteiger partial charge in [-0.25, -0.2) is 52.8 Å². The van der Waals surface area contributed by atoms with Crippen molar-refractivity contribution >= 4 is 110 Å². The molecule has 8 aromatic rings. The molecule has 148 heavy (non-hydrogen) atoms. The Labute approximate surface area is 861 Å². The van der Waals surface area contributed by atoms with Gasteiger partial charge in [0.05, 0.1) is 155 Å². The fourth-order valence-electron chi connectivity index (χ4n) is 15.7. The highest BCUT2D eigenvalue weighted by Crippen LogP contribution is 2.29. The number of rotatable bonds is 46. The van der Waals surface area contributed by atoms with Crippen LogP contribution in [0.25, 0.3) is 0 Å². The van der Waals surface area contributed by atoms with Crippen LogP contribution in [0.1, 0.15) is 103 Å². The fraction of sp³-hybridized carbons (Fsp3) is 0.440. The number of nitrogens with one attached hydrogen (secondary N) is 4. The number of carbonyl (C=O) groups excluding carboxylic acids is 4. The van der Waals surface area contributed by atoms with Crippen molar-refractivity contribution in [3.05, 3.63) is 261 Å². The molecule has 0 aromatic heterocycles. The molecule has 8 atom stereocenters. The highest BCUT2D eigenvalue weighted by Gasteiger charge is 2.39. The van der Waals surface area contributed by atoms with Crippen molar-refractivity contribution in [2.24, 2.45) is 44.3 Å². The van der Waals surface area contributed by atoms with Gasteiger partial charge in [0.15, 0.2) is 0 Å². The third kappa shape index (κ3) is 37.8. The van der Waals surface area contributed by atoms with Crippen LogP contribution in [0, 0.1) is 43.9 Å². The predicted molar refractivity (Wildman–Crippen MR) is 550 cm³/mol. The molecule has 4 aliphatic heterocycles. The molecule has 12 N–H and O–H groups in total. The summed E-state index contributed by atoms with van der Waals surface area (Å²) >= 11 is 0. The van der Waals surface area contributed by atoms with Crippen molar-refractivity contribution in [1.29, 1.82) is 0 Å². The molecule has 4 saturated heterocycles. The van der Waals surface area contributed by atoms with Crippen LogP contribution in [0.3, 0.4) is 0 Å². The van der Waals surface area contributed by atoms with Crippen LogP contribution >= 0.6 is 0 Å². The number of benzene rings is 8. The highest BCUT2D eigenvalue weighted by atomic mass is 32.2. The second-order valence-electron chi connectivity index (χ2n) is 36.9. The van der Waals surface area contributed by atoms with E-state index in [1.807, 2.05) is 177 Å². The van der Waals surface area contributed by atoms with Crippen LogP contribution < -0.4 is 32.7 Å². The number of hydrogen-bond donors (Lipinski definition) is 10. The number of nitro groups is 2. The third-order valence-electron chi connectivity index (χ3n) is 23.1. The van der Waals surface area contributed by atoms with Gasteiger partial charge in [0.2, 0.25) is 40.1 Å². The van der Waals surface area contributed by atoms with Crippen molar-refractivity contribution in [2.75, 3.05) is 117 Å². The van der Waals surface area contributed by atoms with E-state index >= 15 is 0 Å². The van der Waals surface area contributed by atoms with Crippen molar-refractivity contribution in [3.63, 3.8) is 0 Å². The molecule has 48 heteroatoms. The van der Waals surface area contributed by atoms with Crippen LogP contribution in [0.5, 0.6) is 0 Å². The van der Waals surface area contributed by atoms with Gasteiger partial charge in [-0.05, 0) is 144 Å². The predicted octanol–water partition coefficient (Wildman–Crippen LogP) is 12.1. The number of oxime groups is 4. The molecular formula is C100H132N16O28S4. The minimum Gasteiger partial charge on any atom is -0.444 e. The standard InChI is InChI=1S/2C25H32N4O8S.2C25H34N4O6S/c2*1-18(2)15-28(38(34,35)22-10-8-20(9-11-22)29(32)33)16-24(27-31)23(14-19-6-4-3-5-7-19)26-25(30)37-21-12-13-36-17-21;2*1-18(2)15-29(36(32,33)22-10-8-20(26)9-11-22)16-24(28-31)23(14-19-6-4-3-5-7-19)27-25(30)35-21-12-13-34-17-21/h2*3-11,18,21,23,31H,12-17H2,1-2H3,(H,26,30);2*3-11,18,21,23,31H,12-17,26H2,1-2H3,(H,27,30)/t4*21-,23-/m0000/s1. The van der Waals surface area contributed by atoms with Crippen LogP contribution in [-0.4, -0.2) is 283 Å². The lowest BCUT2D eigenvalue weighted by molar-refractivity contribution is -0.385. The largest absolute Gasteiger partial charge is 0.444 e. The normalized spacial score (nSPS) is 17.1. The summed E-state index contributed by atoms with van der Waals surface area (Å²) in [5.74, 6) is -0.228. The number of nitro benzene ring substituents is 2. The molecular weight excluding hydrogens is 2000 g/mol. The monoisotopic (exact) mass is 2130 g/mol. The summed E-state index contributed by atoms with van der Waals surface area (Å²) in [7, 11) is -16.2. The molecule has 4 amide bonds. The Morgan fingerprint density at radius 3 is 0.689 bits per heavy atom. The number of nitrogen functional groups attached to an aromatic ring is 2. The van der Waals surface area contributed by atoms with Gasteiger partial charge in [0.25, 0.3) is 11.4 Å². The number of carbonyl (C=O) groups is 4. The van der Waals surface area contributed by atoms with E-state index in [4.69, 9.17) is 49.4 Å². The molecule has 0 radical (unpaired) electrons. The number of amides is 4. The van der Waals surface area contributed by atoms with Gasteiger partial charge in [-0.2, -0.15) is 17.2 Å². The number of nitrogens with zero attached hydrogens (tertiary/aromatic N) is 10. The molecule has 0 bridgehead atoms. The van der Waals surface area contributed by atoms with Crippen molar-refractivity contribution in [2.45, 2.75) is 175 Å². The average Bonchev–Trinajstić information content (AvgIpc) is 1.76. The second kappa shape index (κ2) is 58.4. The molecule has 4 aliphatic rings. The van der Waals surface area contributed by atoms with E-state index in [0.29, 0.717) is 76.7 Å². The molecule has 0 aliphatic carbocycles. The first-order valence-electron chi connectivity index (χ1n) is 48.0. The van der Waals surface area contributed by atoms with Crippen LogP contribution in [-0.2, 0) is 104 Å². The molecule has 12 rings (SSSR count). The Balaban J connectivity index is 0.000000219. The molecule has 0 saturated carbocycles. The van der Waals surface area contributed by atoms with E-state index in [0.717, 1.165) is 79.4 Å². The van der Waals surface area contributed by atoms with Gasteiger partial charge in [0, 0.05) is 87.5 Å². The van der Waals surface area contributed by atoms with E-state index in [9.17, 15) is 93.9 Å². The number of sulfonamides is 4. The van der Waals surface area contributed by atoms with E-state index in [2.05, 4.69) is 41.9 Å². The Bertz CT molecular complexity index is 5780. The number of nitrogens with two attached hydrogens (primary N) is 2. The maximum absolute atomic E-state index is 13.5. The zero-order chi connectivity index (χ0) is 108. The topological polar surface area (TPSA) is 608 Å². The van der Waals surface area contributed by atoms with E-state index < -0.39 is 111 Å². The van der Waals surface area contributed by atoms with Crippen LogP contribution in [0.4, 0.5) is 41.9 Å². The molecule has 804 valence electrons. The van der Waals surface area contributed by atoms with Crippen molar-refractivity contribution < 1.29 is 121 Å². The maximum Gasteiger partial charge on any atom is 0.408 e. The summed E-state index contributed by atoms with van der Waals surface area (Å²) in [4.78, 5) is 71.3. The van der Waals surface area contributed by atoms with Gasteiger partial charge < -0.3 is 91.5 Å². The van der Waals surface area contributed by atoms with E-state index in [-0.39, 0.29) is 181 Å². The Hall–Kier alpha value is -13.4. The zero-order valence-electron chi connectivity index (χ0n) is 83.5. The lowest BCUT2D eigenvalue weighted by Gasteiger charge is -2.27. The Morgan fingerprint density at radius 1 is 0.338 bits per heavy atom. The smallest absolute Gasteiger partial charge is 0.408 e. The molecule has 0 spiro atoms. The van der Waals surface area contributed by atoms with Gasteiger partial charge in [-0.15, -0.1) is 0 Å². The summed E-state index contributed by atoms with van der Waals surface area (Å²) in [6.07, 6.45) is -1.10. The number of ether oxygens (including phenoxy) is 8. The first-order valence-corrected chi connectivity index (χ1v) is 53.7. The number of non-ortho nitro benzene ring substituents is 2. The molecule has 8 aromatic carbocycles. The second-order valence-corrected chi connectivity index (χ2v) is 44.6. The summed E-state index contributed by atoms with van der Waals surface area (Å²) < 4.78 is 155. The summed E-state index contributed by atoms with van der Waals surface area (Å²) in [5, 5.41) is 86.4. The number of alkyl carbamates (subject to hydrolysis) is 4. The van der Waals surface area contributed by atoms with Gasteiger partial charge >= 0.3 is 24.4 Å². The van der Waals surface area contributed by atoms with Crippen LogP contribution in [0.15, 0.2) is 259 Å². The number of hydrogen-bond acceptors (Lipinski definition) is 34. The summed E-state index contributed by atoms with van der Waals surface area (Å²) in [5.41, 5.74) is 15.4. The fourth-order valence-corrected chi connectivity index (χ4v) is 22.0. The van der Waals surface area contributed by atoms with Crippen molar-refractivity contribution in [1.82, 2.24) is 38.5 Å². The third-order valence-corrected chi connectivity index (χ3v) is 30.4. The van der Waals surface area contributed by atoms with Gasteiger partial charge in [0.1, 0.15) is 24.4 Å². The molecule has 4 fully saturated rings. The SMILES string of the molecule is CC(C)CN(CC(=NO)[C@H](Cc1ccccc1)NC(=O)O[C@H]1CCOC1)S(=O)(=O)c1ccc(N)cc1.CC(C)CN(CC(=NO)[C@H](Cc1ccccc1)NC(=O)O[C@H]1CCOC1)S(=O)(=O)c1ccc(N)cc1.CC(C)CN(CC(=NO)[C@H](Cc1ccccc1)NC(=O)O[C@H]1CCOC1)S(=O)(=O)c1ccc([N+](=O)[O-])cc1.CC(C)CN(CC(=NO)[C@H](Cc1ccccc1)NC(=O)O[C@H]1CCOC1)S(=O)(=O)c1ccc([N+](=O)[O-])cc1. The van der Waals surface area contributed by atoms with E-state index in [1.165, 1.54) is 57.1 Å².